The molecule has 30 heavy (non-hydrogen) atoms. The van der Waals surface area contributed by atoms with Crippen LogP contribution in [-0.4, -0.2) is 34.6 Å². The molecule has 0 amide bonds. The molecule has 1 N–H and O–H groups in total. The Morgan fingerprint density at radius 2 is 2.03 bits per heavy atom. The average molecular weight is 414 g/mol. The molecule has 0 aliphatic carbocycles. The molecule has 0 aliphatic rings. The zero-order valence-electron chi connectivity index (χ0n) is 15.7. The molecule has 2 heterocycles. The monoisotopic (exact) mass is 414 g/mol. The Morgan fingerprint density at radius 3 is 2.70 bits per heavy atom. The number of nitrogens with zero attached hydrogens (tertiary/aromatic N) is 6. The highest BCUT2D eigenvalue weighted by atomic mass is 19.1. The van der Waals surface area contributed by atoms with E-state index >= 15 is 0 Å². The summed E-state index contributed by atoms with van der Waals surface area (Å²) in [7, 11) is 0. The first kappa shape index (κ1) is 19.6. The lowest BCUT2D eigenvalue weighted by Crippen LogP contribution is -2.41. The van der Waals surface area contributed by atoms with Crippen molar-refractivity contribution in [3.05, 3.63) is 82.6 Å². The Labute approximate surface area is 168 Å². The van der Waals surface area contributed by atoms with Crippen molar-refractivity contribution in [2.24, 2.45) is 0 Å². The molecule has 0 unspecified atom stereocenters. The average Bonchev–Trinajstić information content (AvgIpc) is 3.36. The second-order valence-corrected chi connectivity index (χ2v) is 6.91. The maximum absolute atomic E-state index is 14.7. The predicted octanol–water partition coefficient (Wildman–Crippen LogP) is 2.96. The van der Waals surface area contributed by atoms with Crippen molar-refractivity contribution in [2.75, 3.05) is 0 Å². The smallest absolute Gasteiger partial charge is 0.271 e. The van der Waals surface area contributed by atoms with Crippen molar-refractivity contribution in [1.29, 1.82) is 0 Å². The van der Waals surface area contributed by atoms with Crippen LogP contribution >= 0.6 is 0 Å². The molecule has 2 aromatic carbocycles. The van der Waals surface area contributed by atoms with Crippen molar-refractivity contribution in [1.82, 2.24) is 24.5 Å². The number of nitro groups is 1. The van der Waals surface area contributed by atoms with Crippen LogP contribution < -0.4 is 0 Å². The fourth-order valence-electron chi connectivity index (χ4n) is 3.49. The Morgan fingerprint density at radius 1 is 1.23 bits per heavy atom. The Kier molecular flexibility index (Phi) is 4.74. The highest BCUT2D eigenvalue weighted by molar-refractivity contribution is 5.81. The van der Waals surface area contributed by atoms with E-state index in [1.54, 1.807) is 13.0 Å². The van der Waals surface area contributed by atoms with Gasteiger partial charge in [0, 0.05) is 29.1 Å². The molecule has 0 bridgehead atoms. The van der Waals surface area contributed by atoms with Crippen LogP contribution in [0.1, 0.15) is 18.5 Å². The molecule has 0 saturated heterocycles. The first-order chi connectivity index (χ1) is 14.3. The third kappa shape index (κ3) is 3.28. The van der Waals surface area contributed by atoms with Gasteiger partial charge in [-0.25, -0.2) is 18.4 Å². The van der Waals surface area contributed by atoms with Gasteiger partial charge >= 0.3 is 0 Å². The van der Waals surface area contributed by atoms with Gasteiger partial charge in [0.2, 0.25) is 0 Å². The standard InChI is InChI=1S/C19H16F2N6O3/c1-12(26-18-7-15(27(29)30)4-2-13(18)8-23-26)19(28,9-25-11-22-10-24-25)16-5-3-14(20)6-17(16)21/h2-8,10-12,28H,9H2,1H3/t12-,19-/m1/s1. The van der Waals surface area contributed by atoms with Gasteiger partial charge in [0.15, 0.2) is 0 Å². The predicted molar refractivity (Wildman–Crippen MR) is 101 cm³/mol. The van der Waals surface area contributed by atoms with E-state index in [0.29, 0.717) is 17.0 Å². The highest BCUT2D eigenvalue weighted by Crippen LogP contribution is 2.38. The van der Waals surface area contributed by atoms with Crippen LogP contribution in [0, 0.1) is 21.7 Å². The van der Waals surface area contributed by atoms with Gasteiger partial charge in [-0.15, -0.1) is 0 Å². The van der Waals surface area contributed by atoms with E-state index in [1.807, 2.05) is 0 Å². The lowest BCUT2D eigenvalue weighted by atomic mass is 9.86. The molecule has 0 saturated carbocycles. The van der Waals surface area contributed by atoms with E-state index in [9.17, 15) is 24.0 Å². The SMILES string of the molecule is C[C@@H](n1ncc2ccc([N+](=O)[O-])cc21)[C@](O)(Cn1cncn1)c1ccc(F)cc1F. The summed E-state index contributed by atoms with van der Waals surface area (Å²) in [6.07, 6.45) is 4.11. The second-order valence-electron chi connectivity index (χ2n) is 6.91. The van der Waals surface area contributed by atoms with Crippen LogP contribution in [0.25, 0.3) is 10.9 Å². The third-order valence-electron chi connectivity index (χ3n) is 5.12. The van der Waals surface area contributed by atoms with Gasteiger partial charge in [0.25, 0.3) is 5.69 Å². The van der Waals surface area contributed by atoms with E-state index < -0.39 is 28.2 Å². The molecule has 2 atom stereocenters. The normalized spacial score (nSPS) is 14.5. The number of non-ortho nitro benzene ring substituents is 1. The first-order valence-electron chi connectivity index (χ1n) is 8.91. The highest BCUT2D eigenvalue weighted by Gasteiger charge is 2.41. The minimum absolute atomic E-state index is 0.149. The van der Waals surface area contributed by atoms with Crippen LogP contribution in [0.3, 0.4) is 0 Å². The van der Waals surface area contributed by atoms with Crippen molar-refractivity contribution < 1.29 is 18.8 Å². The molecule has 11 heteroatoms. The van der Waals surface area contributed by atoms with Gasteiger partial charge in [-0.2, -0.15) is 10.2 Å². The van der Waals surface area contributed by atoms with E-state index in [2.05, 4.69) is 15.2 Å². The van der Waals surface area contributed by atoms with Gasteiger partial charge in [-0.1, -0.05) is 6.07 Å². The third-order valence-corrected chi connectivity index (χ3v) is 5.12. The van der Waals surface area contributed by atoms with Crippen LogP contribution in [0.2, 0.25) is 0 Å². The summed E-state index contributed by atoms with van der Waals surface area (Å²) in [4.78, 5) is 14.5. The largest absolute Gasteiger partial charge is 0.381 e. The number of aromatic nitrogens is 5. The summed E-state index contributed by atoms with van der Waals surface area (Å²) in [5, 5.41) is 31.7. The van der Waals surface area contributed by atoms with Crippen molar-refractivity contribution in [3.8, 4) is 0 Å². The lowest BCUT2D eigenvalue weighted by Gasteiger charge is -2.35. The van der Waals surface area contributed by atoms with Gasteiger partial charge in [-0.05, 0) is 19.1 Å². The number of hydrogen-bond donors (Lipinski definition) is 1. The van der Waals surface area contributed by atoms with Crippen molar-refractivity contribution >= 4 is 16.6 Å². The maximum atomic E-state index is 14.7. The minimum atomic E-state index is -1.94. The van der Waals surface area contributed by atoms with Gasteiger partial charge in [0.05, 0.1) is 29.2 Å². The Balaban J connectivity index is 1.87. The molecule has 0 radical (unpaired) electrons. The van der Waals surface area contributed by atoms with Crippen LogP contribution in [0.5, 0.6) is 0 Å². The zero-order chi connectivity index (χ0) is 21.5. The van der Waals surface area contributed by atoms with E-state index in [-0.39, 0.29) is 17.8 Å². The zero-order valence-corrected chi connectivity index (χ0v) is 15.7. The molecule has 4 rings (SSSR count). The minimum Gasteiger partial charge on any atom is -0.381 e. The Bertz CT molecular complexity index is 1230. The fraction of sp³-hybridized carbons (Fsp3) is 0.211. The summed E-state index contributed by atoms with van der Waals surface area (Å²) in [5.74, 6) is -1.72. The van der Waals surface area contributed by atoms with E-state index in [4.69, 9.17) is 0 Å². The first-order valence-corrected chi connectivity index (χ1v) is 8.91. The number of halogens is 2. The second kappa shape index (κ2) is 7.26. The van der Waals surface area contributed by atoms with Crippen LogP contribution in [0.4, 0.5) is 14.5 Å². The van der Waals surface area contributed by atoms with Crippen molar-refractivity contribution in [3.63, 3.8) is 0 Å². The summed E-state index contributed by atoms with van der Waals surface area (Å²) in [6, 6.07) is 6.19. The maximum Gasteiger partial charge on any atom is 0.271 e. The number of nitro benzene ring substituents is 1. The molecule has 0 aliphatic heterocycles. The van der Waals surface area contributed by atoms with Crippen LogP contribution in [-0.2, 0) is 12.1 Å². The molecule has 0 spiro atoms. The summed E-state index contributed by atoms with van der Waals surface area (Å²) in [6.45, 7) is 1.37. The summed E-state index contributed by atoms with van der Waals surface area (Å²) in [5.41, 5.74) is -1.86. The lowest BCUT2D eigenvalue weighted by molar-refractivity contribution is -0.384. The van der Waals surface area contributed by atoms with Gasteiger partial charge < -0.3 is 5.11 Å². The van der Waals surface area contributed by atoms with Gasteiger partial charge in [-0.3, -0.25) is 14.8 Å². The quantitative estimate of drug-likeness (QED) is 0.384. The summed E-state index contributed by atoms with van der Waals surface area (Å²) >= 11 is 0. The van der Waals surface area contributed by atoms with Crippen LogP contribution in [0.15, 0.2) is 55.2 Å². The fourth-order valence-corrected chi connectivity index (χ4v) is 3.49. The number of fused-ring (bicyclic) bond motifs is 1. The molecule has 4 aromatic rings. The molecule has 0 fully saturated rings. The molecule has 154 valence electrons. The number of aliphatic hydroxyl groups is 1. The number of rotatable bonds is 6. The molecule has 2 aromatic heterocycles. The van der Waals surface area contributed by atoms with E-state index in [1.165, 1.54) is 40.3 Å². The number of hydrogen-bond acceptors (Lipinski definition) is 6. The summed E-state index contributed by atoms with van der Waals surface area (Å²) < 4.78 is 30.9. The molecule has 9 nitrogen and oxygen atoms in total. The van der Waals surface area contributed by atoms with E-state index in [0.717, 1.165) is 12.1 Å². The number of benzene rings is 2. The van der Waals surface area contributed by atoms with Crippen molar-refractivity contribution in [2.45, 2.75) is 25.1 Å². The Hall–Kier alpha value is -3.73. The molecular weight excluding hydrogens is 398 g/mol. The van der Waals surface area contributed by atoms with Gasteiger partial charge in [0.1, 0.15) is 29.9 Å². The topological polar surface area (TPSA) is 112 Å². The molecular formula is C19H16F2N6O3.